The van der Waals surface area contributed by atoms with E-state index in [0.29, 0.717) is 30.9 Å². The summed E-state index contributed by atoms with van der Waals surface area (Å²) in [6.07, 6.45) is 0.783. The van der Waals surface area contributed by atoms with Crippen molar-refractivity contribution < 1.29 is 14.4 Å². The van der Waals surface area contributed by atoms with Crippen LogP contribution in [0.1, 0.15) is 22.3 Å². The Morgan fingerprint density at radius 2 is 1.81 bits per heavy atom. The highest BCUT2D eigenvalue weighted by Crippen LogP contribution is 2.31. The lowest BCUT2D eigenvalue weighted by Gasteiger charge is -2.31. The Hall–Kier alpha value is -3.27. The van der Waals surface area contributed by atoms with Gasteiger partial charge in [-0.05, 0) is 58.2 Å². The van der Waals surface area contributed by atoms with E-state index in [1.165, 1.54) is 0 Å². The summed E-state index contributed by atoms with van der Waals surface area (Å²) < 4.78 is 0.772. The highest BCUT2D eigenvalue weighted by molar-refractivity contribution is 9.10. The quantitative estimate of drug-likeness (QED) is 0.462. The van der Waals surface area contributed by atoms with Gasteiger partial charge < -0.3 is 21.7 Å². The van der Waals surface area contributed by atoms with Crippen molar-refractivity contribution >= 4 is 45.2 Å². The van der Waals surface area contributed by atoms with Gasteiger partial charge in [0.05, 0.1) is 5.69 Å². The van der Waals surface area contributed by atoms with Gasteiger partial charge in [0.15, 0.2) is 0 Å². The van der Waals surface area contributed by atoms with Crippen LogP contribution in [0.25, 0.3) is 0 Å². The first-order valence-corrected chi connectivity index (χ1v) is 10.6. The van der Waals surface area contributed by atoms with Gasteiger partial charge in [-0.3, -0.25) is 19.6 Å². The molecule has 0 saturated carbocycles. The van der Waals surface area contributed by atoms with E-state index in [4.69, 9.17) is 5.73 Å². The molecule has 2 aromatic rings. The number of urea groups is 1. The third-order valence-corrected chi connectivity index (χ3v) is 5.54. The highest BCUT2D eigenvalue weighted by atomic mass is 79.9. The zero-order valence-corrected chi connectivity index (χ0v) is 18.7. The maximum Gasteiger partial charge on any atom is 0.315 e. The first-order valence-electron chi connectivity index (χ1n) is 9.84. The van der Waals surface area contributed by atoms with Crippen LogP contribution in [0.15, 0.2) is 46.9 Å². The lowest BCUT2D eigenvalue weighted by Crippen LogP contribution is -2.48. The van der Waals surface area contributed by atoms with Gasteiger partial charge in [-0.15, -0.1) is 0 Å². The third-order valence-electron chi connectivity index (χ3n) is 4.87. The Bertz CT molecular complexity index is 966. The van der Waals surface area contributed by atoms with Crippen molar-refractivity contribution in [3.05, 3.63) is 58.1 Å². The van der Waals surface area contributed by atoms with Crippen LogP contribution in [-0.4, -0.2) is 49.5 Å². The predicted octanol–water partition coefficient (Wildman–Crippen LogP) is 1.84. The van der Waals surface area contributed by atoms with Crippen LogP contribution in [0.2, 0.25) is 0 Å². The summed E-state index contributed by atoms with van der Waals surface area (Å²) in [5.41, 5.74) is 8.43. The van der Waals surface area contributed by atoms with Crippen molar-refractivity contribution in [2.75, 3.05) is 37.4 Å². The summed E-state index contributed by atoms with van der Waals surface area (Å²) in [4.78, 5) is 36.8. The number of nitrogens with zero attached hydrogens (tertiary/aromatic N) is 2. The average molecular weight is 489 g/mol. The molecule has 0 atom stereocenters. The van der Waals surface area contributed by atoms with Crippen molar-refractivity contribution in [2.24, 2.45) is 0 Å². The van der Waals surface area contributed by atoms with Crippen molar-refractivity contribution in [3.63, 3.8) is 0 Å². The Labute approximate surface area is 189 Å². The van der Waals surface area contributed by atoms with E-state index in [0.717, 1.165) is 22.1 Å². The Morgan fingerprint density at radius 3 is 2.52 bits per heavy atom. The van der Waals surface area contributed by atoms with Crippen molar-refractivity contribution in [2.45, 2.75) is 13.0 Å². The predicted molar refractivity (Wildman–Crippen MR) is 122 cm³/mol. The molecule has 0 unspecified atom stereocenters. The van der Waals surface area contributed by atoms with Crippen LogP contribution < -0.4 is 26.7 Å². The molecule has 0 aromatic heterocycles. The first-order chi connectivity index (χ1) is 14.9. The second-order valence-corrected chi connectivity index (χ2v) is 7.87. The first kappa shape index (κ1) is 22.4. The number of hydrazine groups is 1. The summed E-state index contributed by atoms with van der Waals surface area (Å²) in [5.74, 6) is -0.442. The fourth-order valence-electron chi connectivity index (χ4n) is 3.25. The van der Waals surface area contributed by atoms with Crippen LogP contribution >= 0.6 is 15.9 Å². The van der Waals surface area contributed by atoms with Crippen LogP contribution in [0.3, 0.4) is 0 Å². The van der Waals surface area contributed by atoms with Crippen LogP contribution in [0.4, 0.5) is 16.2 Å². The topological polar surface area (TPSA) is 120 Å². The Morgan fingerprint density at radius 1 is 1.06 bits per heavy atom. The van der Waals surface area contributed by atoms with E-state index in [-0.39, 0.29) is 18.4 Å². The van der Waals surface area contributed by atoms with Gasteiger partial charge in [-0.1, -0.05) is 12.1 Å². The molecule has 2 aromatic carbocycles. The summed E-state index contributed by atoms with van der Waals surface area (Å²) in [6.45, 7) is 1.35. The Kier molecular flexibility index (Phi) is 7.35. The van der Waals surface area contributed by atoms with Crippen molar-refractivity contribution in [1.29, 1.82) is 0 Å². The van der Waals surface area contributed by atoms with E-state index in [1.54, 1.807) is 42.4 Å². The molecule has 0 bridgehead atoms. The minimum absolute atomic E-state index is 0.142. The maximum atomic E-state index is 12.8. The monoisotopic (exact) mass is 488 g/mol. The summed E-state index contributed by atoms with van der Waals surface area (Å²) in [7, 11) is 1.57. The van der Waals surface area contributed by atoms with E-state index in [9.17, 15) is 14.4 Å². The number of anilines is 2. The Balaban J connectivity index is 1.58. The van der Waals surface area contributed by atoms with E-state index >= 15 is 0 Å². The second-order valence-electron chi connectivity index (χ2n) is 7.02. The molecule has 9 nitrogen and oxygen atoms in total. The molecule has 3 rings (SSSR count). The summed E-state index contributed by atoms with van der Waals surface area (Å²) in [6, 6.07) is 12.0. The average Bonchev–Trinajstić information content (AvgIpc) is 3.26. The molecular weight excluding hydrogens is 464 g/mol. The molecule has 0 radical (unpaired) electrons. The maximum absolute atomic E-state index is 12.8. The fraction of sp³-hybridized carbons (Fsp3) is 0.286. The minimum Gasteiger partial charge on any atom is -0.399 e. The number of benzene rings is 2. The normalized spacial score (nSPS) is 13.1. The van der Waals surface area contributed by atoms with Crippen LogP contribution in [-0.2, 0) is 11.3 Å². The van der Waals surface area contributed by atoms with Crippen molar-refractivity contribution in [1.82, 2.24) is 21.0 Å². The molecule has 1 saturated heterocycles. The molecule has 1 fully saturated rings. The van der Waals surface area contributed by atoms with E-state index < -0.39 is 6.03 Å². The number of amides is 4. The molecule has 4 amide bonds. The number of nitrogens with two attached hydrogens (primary N) is 1. The highest BCUT2D eigenvalue weighted by Gasteiger charge is 2.28. The van der Waals surface area contributed by atoms with E-state index in [1.807, 2.05) is 17.1 Å². The summed E-state index contributed by atoms with van der Waals surface area (Å²) >= 11 is 3.50. The largest absolute Gasteiger partial charge is 0.399 e. The molecule has 10 heteroatoms. The van der Waals surface area contributed by atoms with Gasteiger partial charge in [-0.2, -0.15) is 0 Å². The molecule has 1 aliphatic rings. The number of hydrogen-bond donors (Lipinski definition) is 4. The van der Waals surface area contributed by atoms with Gasteiger partial charge in [0.1, 0.15) is 6.54 Å². The molecule has 0 spiro atoms. The van der Waals surface area contributed by atoms with Gasteiger partial charge in [0, 0.05) is 42.4 Å². The molecule has 164 valence electrons. The number of carbonyl (C=O) groups excluding carboxylic acids is 3. The molecule has 5 N–H and O–H groups in total. The number of nitrogen functional groups attached to an aromatic ring is 1. The number of carbonyl (C=O) groups is 3. The zero-order valence-electron chi connectivity index (χ0n) is 17.2. The lowest BCUT2D eigenvalue weighted by molar-refractivity contribution is -0.129. The molecular formula is C21H25BrN6O3. The summed E-state index contributed by atoms with van der Waals surface area (Å²) in [5, 5.41) is 11.3. The molecule has 31 heavy (non-hydrogen) atoms. The molecule has 1 heterocycles. The van der Waals surface area contributed by atoms with Crippen LogP contribution in [0, 0.1) is 0 Å². The molecule has 1 aliphatic heterocycles. The minimum atomic E-state index is -0.432. The van der Waals surface area contributed by atoms with Crippen molar-refractivity contribution in [3.8, 4) is 0 Å². The van der Waals surface area contributed by atoms with Gasteiger partial charge in [0.25, 0.3) is 11.8 Å². The van der Waals surface area contributed by atoms with E-state index in [2.05, 4.69) is 31.9 Å². The number of halogens is 1. The second kappa shape index (κ2) is 10.2. The standard InChI is InChI=1S/C21H25BrN6O3/c1-24-20(30)15-5-8-17(22)18(11-15)27-9-2-10-28(27)19(29)13-26-21(31)25-12-14-3-6-16(23)7-4-14/h3-8,11H,2,9-10,12-13,23H2,1H3,(H,24,30)(H2,25,26,31). The number of rotatable bonds is 6. The van der Waals surface area contributed by atoms with Crippen LogP contribution in [0.5, 0.6) is 0 Å². The van der Waals surface area contributed by atoms with Gasteiger partial charge >= 0.3 is 6.03 Å². The lowest BCUT2D eigenvalue weighted by atomic mass is 10.2. The SMILES string of the molecule is CNC(=O)c1ccc(Br)c(N2CCCN2C(=O)CNC(=O)NCc2ccc(N)cc2)c1. The smallest absolute Gasteiger partial charge is 0.315 e. The fourth-order valence-corrected chi connectivity index (χ4v) is 3.70. The number of nitrogens with one attached hydrogen (secondary N) is 3. The van der Waals surface area contributed by atoms with Gasteiger partial charge in [0.2, 0.25) is 0 Å². The number of hydrogen-bond acceptors (Lipinski definition) is 5. The zero-order chi connectivity index (χ0) is 22.4. The third kappa shape index (κ3) is 5.66. The van der Waals surface area contributed by atoms with Gasteiger partial charge in [-0.25, -0.2) is 4.79 Å². The molecule has 0 aliphatic carbocycles.